The van der Waals surface area contributed by atoms with Crippen LogP contribution < -0.4 is 11.3 Å². The molecule has 0 aliphatic carbocycles. The minimum absolute atomic E-state index is 0.154. The molecule has 0 amide bonds. The predicted octanol–water partition coefficient (Wildman–Crippen LogP) is 0.947. The van der Waals surface area contributed by atoms with Gasteiger partial charge in [0, 0.05) is 6.07 Å². The van der Waals surface area contributed by atoms with Crippen molar-refractivity contribution in [1.82, 2.24) is 19.9 Å². The van der Waals surface area contributed by atoms with E-state index in [1.54, 1.807) is 0 Å². The Morgan fingerprint density at radius 2 is 2.19 bits per heavy atom. The normalized spacial score (nSPS) is 10.3. The molecule has 16 heavy (non-hydrogen) atoms. The summed E-state index contributed by atoms with van der Waals surface area (Å²) in [6, 6.07) is 1.20. The molecule has 2 heterocycles. The fourth-order valence-electron chi connectivity index (χ4n) is 0.975. The van der Waals surface area contributed by atoms with Gasteiger partial charge in [0.05, 0.1) is 12.4 Å². The first-order valence-electron chi connectivity index (χ1n) is 4.16. The highest BCUT2D eigenvalue weighted by Gasteiger charge is 2.03. The first-order valence-corrected chi connectivity index (χ1v) is 5.35. The molecule has 0 aromatic carbocycles. The summed E-state index contributed by atoms with van der Waals surface area (Å²) < 4.78 is 0. The molecule has 6 nitrogen and oxygen atoms in total. The monoisotopic (exact) mass is 255 g/mol. The van der Waals surface area contributed by atoms with Crippen molar-refractivity contribution in [3.05, 3.63) is 34.0 Å². The van der Waals surface area contributed by atoms with Gasteiger partial charge in [-0.3, -0.25) is 9.78 Å². The Morgan fingerprint density at radius 1 is 1.38 bits per heavy atom. The van der Waals surface area contributed by atoms with Crippen LogP contribution in [0.2, 0.25) is 5.15 Å². The zero-order chi connectivity index (χ0) is 11.5. The topological polar surface area (TPSA) is 97.6 Å². The van der Waals surface area contributed by atoms with Crippen LogP contribution in [0.15, 0.2) is 33.4 Å². The third kappa shape index (κ3) is 2.71. The number of aromatic amines is 1. The number of nitrogens with two attached hydrogens (primary N) is 1. The van der Waals surface area contributed by atoms with Crippen molar-refractivity contribution in [2.24, 2.45) is 0 Å². The third-order valence-corrected chi connectivity index (χ3v) is 2.50. The Hall–Kier alpha value is -1.60. The average Bonchev–Trinajstić information content (AvgIpc) is 2.15. The van der Waals surface area contributed by atoms with Crippen LogP contribution in [0.4, 0.5) is 5.82 Å². The first-order chi connectivity index (χ1) is 7.63. The van der Waals surface area contributed by atoms with Gasteiger partial charge in [-0.1, -0.05) is 11.6 Å². The second-order valence-corrected chi connectivity index (χ2v) is 4.15. The molecular formula is C8H6ClN5OS. The molecule has 2 rings (SSSR count). The van der Waals surface area contributed by atoms with Crippen LogP contribution in [0.3, 0.4) is 0 Å². The molecule has 0 aliphatic rings. The first kappa shape index (κ1) is 10.9. The maximum absolute atomic E-state index is 11.1. The third-order valence-electron chi connectivity index (χ3n) is 1.52. The van der Waals surface area contributed by atoms with Crippen LogP contribution in [-0.4, -0.2) is 19.9 Å². The lowest BCUT2D eigenvalue weighted by molar-refractivity contribution is 0.936. The quantitative estimate of drug-likeness (QED) is 0.776. The molecule has 2 aromatic heterocycles. The highest BCUT2D eigenvalue weighted by Crippen LogP contribution is 2.22. The molecule has 82 valence electrons. The molecule has 0 fully saturated rings. The minimum atomic E-state index is -0.315. The van der Waals surface area contributed by atoms with Crippen molar-refractivity contribution in [2.75, 3.05) is 5.73 Å². The number of halogens is 1. The Bertz CT molecular complexity index is 572. The summed E-state index contributed by atoms with van der Waals surface area (Å²) in [5.74, 6) is 0.154. The number of hydrogen-bond acceptors (Lipinski definition) is 6. The van der Waals surface area contributed by atoms with Crippen LogP contribution in [0.5, 0.6) is 0 Å². The lowest BCUT2D eigenvalue weighted by Crippen LogP contribution is -2.09. The number of nitrogen functional groups attached to an aromatic ring is 1. The number of hydrogen-bond donors (Lipinski definition) is 2. The standard InChI is InChI=1S/C8H6ClN5OS/c9-4-2-11-3-7(12-4)16-8-13-5(10)1-6(15)14-8/h1-3H,(H3,10,13,14,15). The number of H-pyrrole nitrogens is 1. The Morgan fingerprint density at radius 3 is 2.88 bits per heavy atom. The van der Waals surface area contributed by atoms with Gasteiger partial charge in [0.25, 0.3) is 5.56 Å². The van der Waals surface area contributed by atoms with Crippen molar-refractivity contribution in [3.63, 3.8) is 0 Å². The van der Waals surface area contributed by atoms with E-state index in [4.69, 9.17) is 17.3 Å². The van der Waals surface area contributed by atoms with E-state index >= 15 is 0 Å². The number of rotatable bonds is 2. The molecule has 3 N–H and O–H groups in total. The number of aromatic nitrogens is 4. The van der Waals surface area contributed by atoms with Crippen molar-refractivity contribution in [3.8, 4) is 0 Å². The van der Waals surface area contributed by atoms with E-state index in [2.05, 4.69) is 19.9 Å². The van der Waals surface area contributed by atoms with E-state index in [-0.39, 0.29) is 16.5 Å². The molecule has 0 saturated carbocycles. The Kier molecular flexibility index (Phi) is 3.07. The van der Waals surface area contributed by atoms with Gasteiger partial charge in [-0.05, 0) is 11.8 Å². The molecule has 0 aliphatic heterocycles. The van der Waals surface area contributed by atoms with Gasteiger partial charge in [0.1, 0.15) is 16.0 Å². The van der Waals surface area contributed by atoms with E-state index in [0.717, 1.165) is 11.8 Å². The summed E-state index contributed by atoms with van der Waals surface area (Å²) in [5, 5.41) is 1.15. The summed E-state index contributed by atoms with van der Waals surface area (Å²) in [7, 11) is 0. The molecule has 0 radical (unpaired) electrons. The van der Waals surface area contributed by atoms with Gasteiger partial charge in [-0.15, -0.1) is 0 Å². The van der Waals surface area contributed by atoms with Crippen molar-refractivity contribution in [1.29, 1.82) is 0 Å². The smallest absolute Gasteiger partial charge is 0.253 e. The highest BCUT2D eigenvalue weighted by molar-refractivity contribution is 7.99. The van der Waals surface area contributed by atoms with Crippen LogP contribution in [0.1, 0.15) is 0 Å². The largest absolute Gasteiger partial charge is 0.383 e. The Balaban J connectivity index is 2.30. The second kappa shape index (κ2) is 4.50. The van der Waals surface area contributed by atoms with Gasteiger partial charge in [-0.25, -0.2) is 9.97 Å². The summed E-state index contributed by atoms with van der Waals surface area (Å²) in [5.41, 5.74) is 5.12. The van der Waals surface area contributed by atoms with Crippen molar-refractivity contribution >= 4 is 29.2 Å². The number of nitrogens with one attached hydrogen (secondary N) is 1. The van der Waals surface area contributed by atoms with Gasteiger partial charge >= 0.3 is 0 Å². The van der Waals surface area contributed by atoms with Crippen LogP contribution in [0.25, 0.3) is 0 Å². The molecule has 0 spiro atoms. The molecule has 8 heteroatoms. The van der Waals surface area contributed by atoms with Crippen molar-refractivity contribution < 1.29 is 0 Å². The van der Waals surface area contributed by atoms with Crippen LogP contribution in [-0.2, 0) is 0 Å². The van der Waals surface area contributed by atoms with E-state index in [1.807, 2.05) is 0 Å². The molecule has 0 atom stereocenters. The minimum Gasteiger partial charge on any atom is -0.383 e. The van der Waals surface area contributed by atoms with Crippen LogP contribution >= 0.6 is 23.4 Å². The highest BCUT2D eigenvalue weighted by atomic mass is 35.5. The van der Waals surface area contributed by atoms with Gasteiger partial charge in [-0.2, -0.15) is 0 Å². The SMILES string of the molecule is Nc1cc(=O)[nH]c(Sc2cncc(Cl)n2)n1. The van der Waals surface area contributed by atoms with Crippen LogP contribution in [0, 0.1) is 0 Å². The summed E-state index contributed by atoms with van der Waals surface area (Å²) >= 11 is 6.80. The second-order valence-electron chi connectivity index (χ2n) is 2.76. The lowest BCUT2D eigenvalue weighted by Gasteiger charge is -2.00. The van der Waals surface area contributed by atoms with E-state index < -0.39 is 0 Å². The van der Waals surface area contributed by atoms with Gasteiger partial charge in [0.2, 0.25) is 0 Å². The van der Waals surface area contributed by atoms with Gasteiger partial charge in [0.15, 0.2) is 5.16 Å². The zero-order valence-electron chi connectivity index (χ0n) is 7.85. The van der Waals surface area contributed by atoms with E-state index in [0.29, 0.717) is 10.2 Å². The molecular weight excluding hydrogens is 250 g/mol. The molecule has 2 aromatic rings. The maximum atomic E-state index is 11.1. The van der Waals surface area contributed by atoms with E-state index in [9.17, 15) is 4.79 Å². The summed E-state index contributed by atoms with van der Waals surface area (Å²) in [6.45, 7) is 0. The van der Waals surface area contributed by atoms with E-state index in [1.165, 1.54) is 18.5 Å². The number of nitrogens with zero attached hydrogens (tertiary/aromatic N) is 3. The fraction of sp³-hybridized carbons (Fsp3) is 0. The number of anilines is 1. The predicted molar refractivity (Wildman–Crippen MR) is 60.4 cm³/mol. The molecule has 0 unspecified atom stereocenters. The maximum Gasteiger partial charge on any atom is 0.253 e. The molecule has 0 bridgehead atoms. The Labute approximate surface area is 99.3 Å². The summed E-state index contributed by atoms with van der Waals surface area (Å²) in [4.78, 5) is 25.4. The summed E-state index contributed by atoms with van der Waals surface area (Å²) in [6.07, 6.45) is 2.93. The van der Waals surface area contributed by atoms with Crippen molar-refractivity contribution in [2.45, 2.75) is 10.2 Å². The zero-order valence-corrected chi connectivity index (χ0v) is 9.42. The fourth-order valence-corrected chi connectivity index (χ4v) is 1.93. The average molecular weight is 256 g/mol. The lowest BCUT2D eigenvalue weighted by atomic mass is 10.6. The van der Waals surface area contributed by atoms with Gasteiger partial charge < -0.3 is 10.7 Å². The molecule has 0 saturated heterocycles.